The molecule has 0 radical (unpaired) electrons. The molecule has 0 aliphatic rings. The van der Waals surface area contributed by atoms with Crippen LogP contribution < -0.4 is 0 Å². The van der Waals surface area contributed by atoms with Crippen LogP contribution >= 0.6 is 12.6 Å². The third-order valence-corrected chi connectivity index (χ3v) is 2.53. The van der Waals surface area contributed by atoms with E-state index in [1.165, 1.54) is 24.8 Å². The molecule has 0 saturated heterocycles. The number of hydrogen-bond donors (Lipinski definition) is 1. The summed E-state index contributed by atoms with van der Waals surface area (Å²) in [5.74, 6) is 0. The van der Waals surface area contributed by atoms with Crippen molar-refractivity contribution in [3.8, 4) is 0 Å². The zero-order valence-electron chi connectivity index (χ0n) is 8.49. The Balaban J connectivity index is 2.51. The van der Waals surface area contributed by atoms with Gasteiger partial charge < -0.3 is 0 Å². The van der Waals surface area contributed by atoms with E-state index in [4.69, 9.17) is 0 Å². The lowest BCUT2D eigenvalue weighted by Crippen LogP contribution is -1.90. The van der Waals surface area contributed by atoms with Gasteiger partial charge in [0, 0.05) is 5.56 Å². The van der Waals surface area contributed by atoms with E-state index in [2.05, 4.69) is 19.6 Å². The normalized spacial score (nSPS) is 10.1. The summed E-state index contributed by atoms with van der Waals surface area (Å²) in [5, 5.41) is -0.162. The summed E-state index contributed by atoms with van der Waals surface area (Å²) < 4.78 is 0. The van der Waals surface area contributed by atoms with Crippen LogP contribution in [0.2, 0.25) is 0 Å². The molecule has 0 aliphatic carbocycles. The first kappa shape index (κ1) is 11.3. The Morgan fingerprint density at radius 2 is 1.86 bits per heavy atom. The Kier molecular flexibility index (Phi) is 4.74. The molecule has 0 heterocycles. The van der Waals surface area contributed by atoms with Crippen molar-refractivity contribution in [3.05, 3.63) is 35.4 Å². The van der Waals surface area contributed by atoms with Crippen LogP contribution in [-0.4, -0.2) is 5.12 Å². The van der Waals surface area contributed by atoms with Gasteiger partial charge in [0.25, 0.3) is 0 Å². The van der Waals surface area contributed by atoms with Gasteiger partial charge in [-0.2, -0.15) is 0 Å². The average Bonchev–Trinajstić information content (AvgIpc) is 2.19. The van der Waals surface area contributed by atoms with Gasteiger partial charge in [-0.15, -0.1) is 12.6 Å². The lowest BCUT2D eigenvalue weighted by atomic mass is 10.1. The summed E-state index contributed by atoms with van der Waals surface area (Å²) >= 11 is 3.77. The number of carbonyl (C=O) groups excluding carboxylic acids is 1. The minimum Gasteiger partial charge on any atom is -0.282 e. The van der Waals surface area contributed by atoms with E-state index in [-0.39, 0.29) is 5.12 Å². The predicted octanol–water partition coefficient (Wildman–Crippen LogP) is 3.49. The second-order valence-electron chi connectivity index (χ2n) is 3.46. The minimum atomic E-state index is -0.162. The highest BCUT2D eigenvalue weighted by atomic mass is 32.1. The molecule has 0 spiro atoms. The van der Waals surface area contributed by atoms with Crippen molar-refractivity contribution in [2.75, 3.05) is 0 Å². The van der Waals surface area contributed by atoms with Crippen molar-refractivity contribution in [1.29, 1.82) is 0 Å². The number of unbranched alkanes of at least 4 members (excludes halogenated alkanes) is 2. The van der Waals surface area contributed by atoms with E-state index in [0.717, 1.165) is 6.42 Å². The molecule has 0 aliphatic heterocycles. The summed E-state index contributed by atoms with van der Waals surface area (Å²) in [4.78, 5) is 10.9. The van der Waals surface area contributed by atoms with Gasteiger partial charge in [-0.1, -0.05) is 44.0 Å². The van der Waals surface area contributed by atoms with Crippen molar-refractivity contribution >= 4 is 17.7 Å². The quantitative estimate of drug-likeness (QED) is 0.579. The van der Waals surface area contributed by atoms with Gasteiger partial charge in [-0.3, -0.25) is 4.79 Å². The first-order chi connectivity index (χ1) is 6.74. The van der Waals surface area contributed by atoms with E-state index in [1.807, 2.05) is 24.3 Å². The Labute approximate surface area is 90.9 Å². The van der Waals surface area contributed by atoms with Gasteiger partial charge in [-0.25, -0.2) is 0 Å². The number of thiol groups is 1. The summed E-state index contributed by atoms with van der Waals surface area (Å²) in [5.41, 5.74) is 1.98. The van der Waals surface area contributed by atoms with Crippen molar-refractivity contribution in [1.82, 2.24) is 0 Å². The molecule has 0 bridgehead atoms. The highest BCUT2D eigenvalue weighted by molar-refractivity contribution is 7.97. The predicted molar refractivity (Wildman–Crippen MR) is 63.0 cm³/mol. The van der Waals surface area contributed by atoms with Crippen LogP contribution in [0.3, 0.4) is 0 Å². The zero-order chi connectivity index (χ0) is 10.4. The van der Waals surface area contributed by atoms with Crippen molar-refractivity contribution in [2.24, 2.45) is 0 Å². The van der Waals surface area contributed by atoms with Gasteiger partial charge in [0.2, 0.25) is 5.12 Å². The molecule has 0 atom stereocenters. The van der Waals surface area contributed by atoms with E-state index >= 15 is 0 Å². The molecule has 1 nitrogen and oxygen atoms in total. The Morgan fingerprint density at radius 1 is 1.21 bits per heavy atom. The molecular weight excluding hydrogens is 192 g/mol. The Hall–Kier alpha value is -0.760. The summed E-state index contributed by atoms with van der Waals surface area (Å²) in [6.07, 6.45) is 4.85. The van der Waals surface area contributed by atoms with Crippen LogP contribution in [0.5, 0.6) is 0 Å². The maximum atomic E-state index is 10.9. The highest BCUT2D eigenvalue weighted by Crippen LogP contribution is 2.10. The number of carbonyl (C=O) groups is 1. The van der Waals surface area contributed by atoms with E-state index < -0.39 is 0 Å². The molecule has 1 rings (SSSR count). The first-order valence-electron chi connectivity index (χ1n) is 5.06. The van der Waals surface area contributed by atoms with Crippen molar-refractivity contribution in [2.45, 2.75) is 32.6 Å². The van der Waals surface area contributed by atoms with Gasteiger partial charge in [0.15, 0.2) is 0 Å². The van der Waals surface area contributed by atoms with Crippen molar-refractivity contribution < 1.29 is 4.79 Å². The molecule has 14 heavy (non-hydrogen) atoms. The first-order valence-corrected chi connectivity index (χ1v) is 5.51. The van der Waals surface area contributed by atoms with Crippen LogP contribution in [0.4, 0.5) is 0 Å². The standard InChI is InChI=1S/C12H16OS/c1-2-3-4-5-10-6-8-11(9-7-10)12(13)14/h6-9H,2-5H2,1H3,(H,13,14). The van der Waals surface area contributed by atoms with Crippen molar-refractivity contribution in [3.63, 3.8) is 0 Å². The number of benzene rings is 1. The summed E-state index contributed by atoms with van der Waals surface area (Å²) in [7, 11) is 0. The number of hydrogen-bond acceptors (Lipinski definition) is 1. The Bertz CT molecular complexity index is 290. The maximum absolute atomic E-state index is 10.9. The van der Waals surface area contributed by atoms with Crippen LogP contribution in [0.1, 0.15) is 42.1 Å². The Morgan fingerprint density at radius 3 is 2.36 bits per heavy atom. The number of rotatable bonds is 5. The largest absolute Gasteiger partial charge is 0.282 e. The fraction of sp³-hybridized carbons (Fsp3) is 0.417. The fourth-order valence-electron chi connectivity index (χ4n) is 1.39. The maximum Gasteiger partial charge on any atom is 0.216 e. The van der Waals surface area contributed by atoms with Crippen LogP contribution in [0.15, 0.2) is 24.3 Å². The highest BCUT2D eigenvalue weighted by Gasteiger charge is 1.99. The molecule has 0 aromatic heterocycles. The van der Waals surface area contributed by atoms with Gasteiger partial charge in [0.05, 0.1) is 0 Å². The van der Waals surface area contributed by atoms with Gasteiger partial charge >= 0.3 is 0 Å². The monoisotopic (exact) mass is 208 g/mol. The lowest BCUT2D eigenvalue weighted by Gasteiger charge is -2.01. The van der Waals surface area contributed by atoms with E-state index in [0.29, 0.717) is 5.56 Å². The topological polar surface area (TPSA) is 17.1 Å². The molecular formula is C12H16OS. The van der Waals surface area contributed by atoms with Crippen LogP contribution in [0, 0.1) is 0 Å². The molecule has 0 amide bonds. The van der Waals surface area contributed by atoms with Crippen LogP contribution in [-0.2, 0) is 6.42 Å². The van der Waals surface area contributed by atoms with E-state index in [1.54, 1.807) is 0 Å². The molecule has 1 aromatic carbocycles. The fourth-order valence-corrected chi connectivity index (χ4v) is 1.54. The SMILES string of the molecule is CCCCCc1ccc(C(=O)S)cc1. The summed E-state index contributed by atoms with van der Waals surface area (Å²) in [6.45, 7) is 2.20. The van der Waals surface area contributed by atoms with Crippen LogP contribution in [0.25, 0.3) is 0 Å². The van der Waals surface area contributed by atoms with E-state index in [9.17, 15) is 4.79 Å². The molecule has 0 N–H and O–H groups in total. The third-order valence-electron chi connectivity index (χ3n) is 2.27. The molecule has 2 heteroatoms. The molecule has 0 unspecified atom stereocenters. The average molecular weight is 208 g/mol. The number of aryl methyl sites for hydroxylation is 1. The summed E-state index contributed by atoms with van der Waals surface area (Å²) in [6, 6.07) is 7.71. The molecule has 0 saturated carbocycles. The smallest absolute Gasteiger partial charge is 0.216 e. The molecule has 76 valence electrons. The lowest BCUT2D eigenvalue weighted by molar-refractivity contribution is 0.109. The second-order valence-corrected chi connectivity index (χ2v) is 3.87. The second kappa shape index (κ2) is 5.86. The molecule has 0 fully saturated rings. The van der Waals surface area contributed by atoms with Gasteiger partial charge in [0.1, 0.15) is 0 Å². The third kappa shape index (κ3) is 3.54. The zero-order valence-corrected chi connectivity index (χ0v) is 9.39. The molecule has 1 aromatic rings. The van der Waals surface area contributed by atoms with Gasteiger partial charge in [-0.05, 0) is 18.4 Å². The minimum absolute atomic E-state index is 0.162.